The van der Waals surface area contributed by atoms with Crippen LogP contribution in [-0.2, 0) is 27.4 Å². The summed E-state index contributed by atoms with van der Waals surface area (Å²) in [5, 5.41) is 19.9. The number of benzene rings is 1. The molecule has 2 atom stereocenters. The third-order valence-corrected chi connectivity index (χ3v) is 8.94. The maximum Gasteiger partial charge on any atom is 0.417 e. The second-order valence-electron chi connectivity index (χ2n) is 9.57. The Bertz CT molecular complexity index is 1480. The van der Waals surface area contributed by atoms with E-state index in [0.717, 1.165) is 28.2 Å². The number of H-pyrrole nitrogens is 1. The molecule has 3 aromatic rings. The van der Waals surface area contributed by atoms with Crippen molar-refractivity contribution < 1.29 is 35.9 Å². The highest BCUT2D eigenvalue weighted by Gasteiger charge is 2.50. The Morgan fingerprint density at radius 1 is 1.23 bits per heavy atom. The number of aliphatic carboxylic acids is 1. The number of sulfonamides is 1. The molecule has 1 fully saturated rings. The molecule has 1 aromatic carbocycles. The minimum atomic E-state index is -4.90. The van der Waals surface area contributed by atoms with Gasteiger partial charge in [-0.1, -0.05) is 19.1 Å². The Hall–Kier alpha value is -3.52. The number of aryl methyl sites for hydroxylation is 1. The molecule has 0 saturated carbocycles. The lowest BCUT2D eigenvalue weighted by molar-refractivity contribution is -0.152. The first kappa shape index (κ1) is 28.5. The lowest BCUT2D eigenvalue weighted by Crippen LogP contribution is -2.53. The Morgan fingerprint density at radius 3 is 2.56 bits per heavy atom. The standard InChI is InChI=1S/C25H27F4N5O4S/c1-3-16-13-24(23(35)36,14-19-18(26)8-9-21(30-19)31-22-12-15(2)32-33-22)10-11-34(16)39(37,38)20-7-5-4-6-17(20)25(27,28)29/h4-9,12,16H,3,10-11,13-14H2,1-2H3,(H,35,36)(H2,30,31,32,33)/t16-,24-/m1/s1. The SMILES string of the molecule is CC[C@@H]1C[C@](Cc2nc(Nc3cc(C)[nH]n3)ccc2F)(C(=O)O)CCN1S(=O)(=O)c1ccccc1C(F)(F)F. The molecule has 39 heavy (non-hydrogen) atoms. The number of carboxylic acid groups (broad SMARTS) is 1. The first-order valence-corrected chi connectivity index (χ1v) is 13.6. The number of aromatic amines is 1. The number of anilines is 2. The zero-order chi connectivity index (χ0) is 28.6. The summed E-state index contributed by atoms with van der Waals surface area (Å²) in [5.74, 6) is -1.35. The number of rotatable bonds is 8. The minimum absolute atomic E-state index is 0.136. The molecular formula is C25H27F4N5O4S. The molecular weight excluding hydrogens is 542 g/mol. The van der Waals surface area contributed by atoms with Gasteiger partial charge in [0.1, 0.15) is 11.6 Å². The summed E-state index contributed by atoms with van der Waals surface area (Å²) in [6, 6.07) is 7.17. The Morgan fingerprint density at radius 2 is 1.95 bits per heavy atom. The van der Waals surface area contributed by atoms with Crippen molar-refractivity contribution in [1.29, 1.82) is 0 Å². The van der Waals surface area contributed by atoms with Crippen LogP contribution in [-0.4, -0.2) is 51.6 Å². The van der Waals surface area contributed by atoms with Gasteiger partial charge >= 0.3 is 12.1 Å². The molecule has 0 aliphatic carbocycles. The fourth-order valence-corrected chi connectivity index (χ4v) is 6.83. The summed E-state index contributed by atoms with van der Waals surface area (Å²) in [5.41, 5.74) is -2.25. The van der Waals surface area contributed by atoms with Crippen molar-refractivity contribution >= 4 is 27.6 Å². The molecule has 210 valence electrons. The van der Waals surface area contributed by atoms with Crippen molar-refractivity contribution in [3.63, 3.8) is 0 Å². The third-order valence-electron chi connectivity index (χ3n) is 6.93. The van der Waals surface area contributed by atoms with E-state index in [4.69, 9.17) is 0 Å². The van der Waals surface area contributed by atoms with Crippen LogP contribution in [0.15, 0.2) is 47.4 Å². The summed E-state index contributed by atoms with van der Waals surface area (Å²) in [7, 11) is -4.62. The highest BCUT2D eigenvalue weighted by atomic mass is 32.2. The molecule has 4 rings (SSSR count). The van der Waals surface area contributed by atoms with Crippen molar-refractivity contribution in [2.45, 2.75) is 56.6 Å². The molecule has 9 nitrogen and oxygen atoms in total. The van der Waals surface area contributed by atoms with E-state index in [2.05, 4.69) is 20.5 Å². The fraction of sp³-hybridized carbons (Fsp3) is 0.400. The quantitative estimate of drug-likeness (QED) is 0.330. The van der Waals surface area contributed by atoms with Crippen LogP contribution in [0.1, 0.15) is 43.1 Å². The second kappa shape index (κ2) is 10.6. The highest BCUT2D eigenvalue weighted by molar-refractivity contribution is 7.89. The Balaban J connectivity index is 1.64. The number of hydrogen-bond acceptors (Lipinski definition) is 6. The van der Waals surface area contributed by atoms with E-state index in [0.29, 0.717) is 11.9 Å². The molecule has 0 spiro atoms. The lowest BCUT2D eigenvalue weighted by atomic mass is 9.72. The number of halogens is 4. The normalized spacial score (nSPS) is 20.6. The van der Waals surface area contributed by atoms with E-state index in [1.807, 2.05) is 0 Å². The Kier molecular flexibility index (Phi) is 7.72. The fourth-order valence-electron chi connectivity index (χ4n) is 4.92. The van der Waals surface area contributed by atoms with Crippen LogP contribution in [0.5, 0.6) is 0 Å². The number of carbonyl (C=O) groups is 1. The molecule has 3 N–H and O–H groups in total. The summed E-state index contributed by atoms with van der Waals surface area (Å²) in [6.45, 7) is 3.05. The number of nitrogens with zero attached hydrogens (tertiary/aromatic N) is 3. The smallest absolute Gasteiger partial charge is 0.417 e. The van der Waals surface area contributed by atoms with Crippen LogP contribution >= 0.6 is 0 Å². The lowest BCUT2D eigenvalue weighted by Gasteiger charge is -2.43. The number of hydrogen-bond donors (Lipinski definition) is 3. The van der Waals surface area contributed by atoms with Gasteiger partial charge in [-0.25, -0.2) is 17.8 Å². The second-order valence-corrected chi connectivity index (χ2v) is 11.4. The minimum Gasteiger partial charge on any atom is -0.481 e. The maximum atomic E-state index is 14.8. The largest absolute Gasteiger partial charge is 0.481 e. The molecule has 1 saturated heterocycles. The van der Waals surface area contributed by atoms with E-state index < -0.39 is 49.9 Å². The monoisotopic (exact) mass is 569 g/mol. The van der Waals surface area contributed by atoms with E-state index in [9.17, 15) is 35.9 Å². The predicted octanol–water partition coefficient (Wildman–Crippen LogP) is 4.89. The molecule has 1 aliphatic rings. The molecule has 2 aromatic heterocycles. The van der Waals surface area contributed by atoms with Crippen molar-refractivity contribution in [2.24, 2.45) is 5.41 Å². The van der Waals surface area contributed by atoms with Crippen LogP contribution in [0.3, 0.4) is 0 Å². The van der Waals surface area contributed by atoms with Gasteiger partial charge in [-0.05, 0) is 50.5 Å². The van der Waals surface area contributed by atoms with Gasteiger partial charge in [0.15, 0.2) is 5.82 Å². The van der Waals surface area contributed by atoms with Crippen LogP contribution in [0.25, 0.3) is 0 Å². The summed E-state index contributed by atoms with van der Waals surface area (Å²) < 4.78 is 83.4. The Labute approximate surface area is 222 Å². The topological polar surface area (TPSA) is 128 Å². The van der Waals surface area contributed by atoms with E-state index in [-0.39, 0.29) is 43.7 Å². The van der Waals surface area contributed by atoms with Gasteiger partial charge in [0.2, 0.25) is 10.0 Å². The van der Waals surface area contributed by atoms with Crippen molar-refractivity contribution in [2.75, 3.05) is 11.9 Å². The van der Waals surface area contributed by atoms with Gasteiger partial charge in [-0.2, -0.15) is 22.6 Å². The van der Waals surface area contributed by atoms with Gasteiger partial charge in [0.25, 0.3) is 0 Å². The van der Waals surface area contributed by atoms with Gasteiger partial charge in [-0.15, -0.1) is 0 Å². The molecule has 0 bridgehead atoms. The number of pyridine rings is 1. The molecule has 0 radical (unpaired) electrons. The zero-order valence-corrected chi connectivity index (χ0v) is 21.9. The number of alkyl halides is 3. The van der Waals surface area contributed by atoms with Crippen LogP contribution < -0.4 is 5.32 Å². The molecule has 0 unspecified atom stereocenters. The average molecular weight is 570 g/mol. The van der Waals surface area contributed by atoms with E-state index in [1.54, 1.807) is 19.9 Å². The van der Waals surface area contributed by atoms with Gasteiger partial charge in [0, 0.05) is 30.8 Å². The number of piperidine rings is 1. The summed E-state index contributed by atoms with van der Waals surface area (Å²) in [6.07, 6.45) is -5.58. The van der Waals surface area contributed by atoms with E-state index in [1.165, 1.54) is 12.1 Å². The number of nitrogens with one attached hydrogen (secondary N) is 2. The first-order valence-electron chi connectivity index (χ1n) is 12.1. The molecule has 3 heterocycles. The van der Waals surface area contributed by atoms with Crippen molar-refractivity contribution in [1.82, 2.24) is 19.5 Å². The number of carboxylic acids is 1. The third kappa shape index (κ3) is 5.76. The van der Waals surface area contributed by atoms with Crippen LogP contribution in [0.4, 0.5) is 29.2 Å². The molecule has 1 aliphatic heterocycles. The van der Waals surface area contributed by atoms with Crippen LogP contribution in [0.2, 0.25) is 0 Å². The highest BCUT2D eigenvalue weighted by Crippen LogP contribution is 2.43. The van der Waals surface area contributed by atoms with Crippen LogP contribution in [0, 0.1) is 18.2 Å². The molecule has 14 heteroatoms. The summed E-state index contributed by atoms with van der Waals surface area (Å²) >= 11 is 0. The van der Waals surface area contributed by atoms with Crippen molar-refractivity contribution in [3.05, 3.63) is 65.2 Å². The number of aromatic nitrogens is 3. The van der Waals surface area contributed by atoms with Gasteiger partial charge in [-0.3, -0.25) is 9.89 Å². The van der Waals surface area contributed by atoms with E-state index >= 15 is 0 Å². The molecule has 0 amide bonds. The van der Waals surface area contributed by atoms with Gasteiger partial charge in [0.05, 0.1) is 21.6 Å². The van der Waals surface area contributed by atoms with Gasteiger partial charge < -0.3 is 10.4 Å². The first-order chi connectivity index (χ1) is 18.3. The zero-order valence-electron chi connectivity index (χ0n) is 21.1. The average Bonchev–Trinajstić information content (AvgIpc) is 3.29. The van der Waals surface area contributed by atoms with Crippen molar-refractivity contribution in [3.8, 4) is 0 Å². The maximum absolute atomic E-state index is 14.8. The predicted molar refractivity (Wildman–Crippen MR) is 133 cm³/mol. The summed E-state index contributed by atoms with van der Waals surface area (Å²) in [4.78, 5) is 15.9.